The minimum absolute atomic E-state index is 0.0281. The maximum Gasteiger partial charge on any atom is 0.252 e. The molecular formula is C7H11N3O3. The Bertz CT molecular complexity index is 255. The van der Waals surface area contributed by atoms with Gasteiger partial charge in [-0.25, -0.2) is 0 Å². The van der Waals surface area contributed by atoms with Gasteiger partial charge in [-0.1, -0.05) is 0 Å². The van der Waals surface area contributed by atoms with Crippen molar-refractivity contribution in [1.29, 1.82) is 0 Å². The zero-order valence-corrected chi connectivity index (χ0v) is 7.32. The molecule has 1 unspecified atom stereocenters. The molecular weight excluding hydrogens is 174 g/mol. The van der Waals surface area contributed by atoms with Crippen LogP contribution in [0.25, 0.3) is 0 Å². The molecule has 1 N–H and O–H groups in total. The van der Waals surface area contributed by atoms with E-state index in [4.69, 9.17) is 4.84 Å². The summed E-state index contributed by atoms with van der Waals surface area (Å²) < 4.78 is 0. The van der Waals surface area contributed by atoms with Crippen LogP contribution < -0.4 is 5.32 Å². The Morgan fingerprint density at radius 1 is 1.54 bits per heavy atom. The molecule has 6 heteroatoms. The lowest BCUT2D eigenvalue weighted by Gasteiger charge is -2.43. The van der Waals surface area contributed by atoms with Gasteiger partial charge in [0.25, 0.3) is 5.91 Å². The van der Waals surface area contributed by atoms with Crippen LogP contribution in [0.2, 0.25) is 0 Å². The summed E-state index contributed by atoms with van der Waals surface area (Å²) in [5.41, 5.74) is 0. The quantitative estimate of drug-likeness (QED) is 0.481. The molecule has 0 bridgehead atoms. The lowest BCUT2D eigenvalue weighted by atomic mass is 10.2. The molecule has 2 amide bonds. The Morgan fingerprint density at radius 3 is 3.08 bits per heavy atom. The van der Waals surface area contributed by atoms with Crippen LogP contribution in [0, 0.1) is 0 Å². The van der Waals surface area contributed by atoms with Crippen LogP contribution in [-0.2, 0) is 14.4 Å². The van der Waals surface area contributed by atoms with E-state index in [1.165, 1.54) is 4.90 Å². The summed E-state index contributed by atoms with van der Waals surface area (Å²) >= 11 is 0. The Labute approximate surface area is 75.4 Å². The zero-order chi connectivity index (χ0) is 9.42. The van der Waals surface area contributed by atoms with Crippen LogP contribution >= 0.6 is 0 Å². The first-order valence-electron chi connectivity index (χ1n) is 4.10. The number of hydrogen-bond donors (Lipinski definition) is 1. The van der Waals surface area contributed by atoms with E-state index in [0.717, 1.165) is 0 Å². The number of nitrogens with one attached hydrogen (secondary N) is 1. The first-order valence-corrected chi connectivity index (χ1v) is 4.10. The molecule has 0 saturated carbocycles. The summed E-state index contributed by atoms with van der Waals surface area (Å²) in [6.07, 6.45) is -0.154. The fourth-order valence-electron chi connectivity index (χ4n) is 1.54. The van der Waals surface area contributed by atoms with E-state index in [0.29, 0.717) is 6.54 Å². The fraction of sp³-hybridized carbons (Fsp3) is 0.714. The lowest BCUT2D eigenvalue weighted by molar-refractivity contribution is -0.237. The molecule has 0 aromatic rings. The van der Waals surface area contributed by atoms with E-state index in [2.05, 4.69) is 5.32 Å². The Balaban J connectivity index is 2.15. The summed E-state index contributed by atoms with van der Waals surface area (Å²) in [4.78, 5) is 28.9. The number of amides is 2. The standard InChI is InChI=1S/C7H11N3O3/c1-9-6-2-8-5(11)3-10(6)7(12)4-13-9/h6H,2-4H2,1H3,(H,8,11). The first-order chi connectivity index (χ1) is 6.18. The molecule has 0 aliphatic carbocycles. The Morgan fingerprint density at radius 2 is 2.31 bits per heavy atom. The van der Waals surface area contributed by atoms with Gasteiger partial charge in [0, 0.05) is 7.05 Å². The predicted octanol–water partition coefficient (Wildman–Crippen LogP) is -1.85. The van der Waals surface area contributed by atoms with Crippen molar-refractivity contribution in [1.82, 2.24) is 15.3 Å². The summed E-state index contributed by atoms with van der Waals surface area (Å²) in [6, 6.07) is 0. The number of carbonyl (C=O) groups is 2. The highest BCUT2D eigenvalue weighted by Gasteiger charge is 2.37. The molecule has 2 heterocycles. The highest BCUT2D eigenvalue weighted by Crippen LogP contribution is 2.13. The maximum absolute atomic E-state index is 11.3. The highest BCUT2D eigenvalue weighted by atomic mass is 16.7. The van der Waals surface area contributed by atoms with Crippen LogP contribution in [0.4, 0.5) is 0 Å². The van der Waals surface area contributed by atoms with Gasteiger partial charge in [-0.2, -0.15) is 5.06 Å². The van der Waals surface area contributed by atoms with Crippen LogP contribution in [-0.4, -0.2) is 54.7 Å². The Hall–Kier alpha value is -1.14. The van der Waals surface area contributed by atoms with Crippen LogP contribution in [0.1, 0.15) is 0 Å². The summed E-state index contributed by atoms with van der Waals surface area (Å²) in [7, 11) is 1.75. The second-order valence-electron chi connectivity index (χ2n) is 3.13. The topological polar surface area (TPSA) is 61.9 Å². The van der Waals surface area contributed by atoms with Gasteiger partial charge in [-0.05, 0) is 0 Å². The number of likely N-dealkylation sites (N-methyl/N-ethyl adjacent to an activating group) is 1. The predicted molar refractivity (Wildman–Crippen MR) is 42.2 cm³/mol. The lowest BCUT2D eigenvalue weighted by Crippen LogP contribution is -2.65. The zero-order valence-electron chi connectivity index (χ0n) is 7.32. The van der Waals surface area contributed by atoms with Crippen LogP contribution in [0.5, 0.6) is 0 Å². The number of nitrogens with zero attached hydrogens (tertiary/aromatic N) is 2. The van der Waals surface area contributed by atoms with E-state index in [9.17, 15) is 9.59 Å². The molecule has 1 atom stereocenters. The van der Waals surface area contributed by atoms with Gasteiger partial charge in [0.05, 0.1) is 6.54 Å². The van der Waals surface area contributed by atoms with Gasteiger partial charge in [-0.3, -0.25) is 14.4 Å². The van der Waals surface area contributed by atoms with Crippen molar-refractivity contribution in [3.8, 4) is 0 Å². The minimum atomic E-state index is -0.154. The second-order valence-corrected chi connectivity index (χ2v) is 3.13. The van der Waals surface area contributed by atoms with Crippen molar-refractivity contribution in [3.63, 3.8) is 0 Å². The largest absolute Gasteiger partial charge is 0.351 e. The van der Waals surface area contributed by atoms with Crippen LogP contribution in [0.15, 0.2) is 0 Å². The maximum atomic E-state index is 11.3. The van der Waals surface area contributed by atoms with E-state index >= 15 is 0 Å². The highest BCUT2D eigenvalue weighted by molar-refractivity contribution is 5.87. The molecule has 2 aliphatic rings. The monoisotopic (exact) mass is 185 g/mol. The van der Waals surface area contributed by atoms with Gasteiger partial charge in [0.15, 0.2) is 0 Å². The molecule has 2 aliphatic heterocycles. The number of rotatable bonds is 0. The van der Waals surface area contributed by atoms with Crippen molar-refractivity contribution >= 4 is 11.8 Å². The van der Waals surface area contributed by atoms with E-state index in [1.54, 1.807) is 12.1 Å². The molecule has 0 radical (unpaired) electrons. The van der Waals surface area contributed by atoms with Crippen molar-refractivity contribution < 1.29 is 14.4 Å². The van der Waals surface area contributed by atoms with E-state index < -0.39 is 0 Å². The Kier molecular flexibility index (Phi) is 1.93. The molecule has 2 saturated heterocycles. The molecule has 72 valence electrons. The second kappa shape index (κ2) is 2.97. The van der Waals surface area contributed by atoms with Crippen molar-refractivity contribution in [3.05, 3.63) is 0 Å². The van der Waals surface area contributed by atoms with Crippen molar-refractivity contribution in [2.24, 2.45) is 0 Å². The van der Waals surface area contributed by atoms with E-state index in [1.807, 2.05) is 0 Å². The number of fused-ring (bicyclic) bond motifs is 1. The normalized spacial score (nSPS) is 29.9. The number of carbonyl (C=O) groups excluding carboxylic acids is 2. The number of hydroxylamine groups is 2. The third-order valence-electron chi connectivity index (χ3n) is 2.29. The van der Waals surface area contributed by atoms with Crippen LogP contribution in [0.3, 0.4) is 0 Å². The van der Waals surface area contributed by atoms with E-state index in [-0.39, 0.29) is 31.1 Å². The average Bonchev–Trinajstić information content (AvgIpc) is 2.12. The van der Waals surface area contributed by atoms with Gasteiger partial charge >= 0.3 is 0 Å². The van der Waals surface area contributed by atoms with Gasteiger partial charge in [-0.15, -0.1) is 0 Å². The SMILES string of the molecule is CN1OCC(=O)N2CC(=O)NCC12. The summed E-state index contributed by atoms with van der Waals surface area (Å²) in [6.45, 7) is 0.596. The first kappa shape index (κ1) is 8.46. The number of hydrogen-bond acceptors (Lipinski definition) is 4. The fourth-order valence-corrected chi connectivity index (χ4v) is 1.54. The van der Waals surface area contributed by atoms with Gasteiger partial charge in [0.2, 0.25) is 5.91 Å². The average molecular weight is 185 g/mol. The third-order valence-corrected chi connectivity index (χ3v) is 2.29. The van der Waals surface area contributed by atoms with Gasteiger partial charge in [0.1, 0.15) is 19.3 Å². The van der Waals surface area contributed by atoms with Crippen molar-refractivity contribution in [2.75, 3.05) is 26.7 Å². The molecule has 2 fully saturated rings. The number of piperazine rings is 1. The smallest absolute Gasteiger partial charge is 0.252 e. The molecule has 6 nitrogen and oxygen atoms in total. The molecule has 0 aromatic heterocycles. The summed E-state index contributed by atoms with van der Waals surface area (Å²) in [5.74, 6) is -0.238. The third kappa shape index (κ3) is 1.38. The van der Waals surface area contributed by atoms with Crippen molar-refractivity contribution in [2.45, 2.75) is 6.17 Å². The molecule has 0 aromatic carbocycles. The minimum Gasteiger partial charge on any atom is -0.351 e. The summed E-state index contributed by atoms with van der Waals surface area (Å²) in [5, 5.41) is 4.28. The molecule has 0 spiro atoms. The van der Waals surface area contributed by atoms with Gasteiger partial charge < -0.3 is 10.2 Å². The molecule has 2 rings (SSSR count). The molecule has 13 heavy (non-hydrogen) atoms.